The van der Waals surface area contributed by atoms with E-state index in [9.17, 15) is 30.8 Å². The van der Waals surface area contributed by atoms with E-state index in [0.717, 1.165) is 25.3 Å². The van der Waals surface area contributed by atoms with Crippen molar-refractivity contribution in [3.8, 4) is 0 Å². The van der Waals surface area contributed by atoms with Gasteiger partial charge >= 0.3 is 12.1 Å². The zero-order valence-electron chi connectivity index (χ0n) is 18.1. The Balaban J connectivity index is 2.09. The highest BCUT2D eigenvalue weighted by Crippen LogP contribution is 2.37. The number of methoxy groups -OCH3 is 1. The normalized spacial score (nSPS) is 17.0. The third kappa shape index (κ3) is 5.58. The number of aryl methyl sites for hydroxylation is 1. The van der Waals surface area contributed by atoms with Crippen molar-refractivity contribution in [2.24, 2.45) is 0 Å². The molecule has 0 saturated carbocycles. The zero-order valence-corrected chi connectivity index (χ0v) is 18.9. The number of rotatable bonds is 6. The van der Waals surface area contributed by atoms with E-state index in [2.05, 4.69) is 9.46 Å². The van der Waals surface area contributed by atoms with E-state index in [-0.39, 0.29) is 28.4 Å². The van der Waals surface area contributed by atoms with Gasteiger partial charge in [-0.05, 0) is 55.2 Å². The van der Waals surface area contributed by atoms with Gasteiger partial charge in [-0.2, -0.15) is 13.2 Å². The second kappa shape index (κ2) is 9.58. The number of nitrogens with zero attached hydrogens (tertiary/aromatic N) is 1. The molecule has 1 aliphatic rings. The second-order valence-electron chi connectivity index (χ2n) is 7.69. The molecule has 1 fully saturated rings. The van der Waals surface area contributed by atoms with E-state index in [4.69, 9.17) is 0 Å². The van der Waals surface area contributed by atoms with Crippen molar-refractivity contribution >= 4 is 27.4 Å². The first kappa shape index (κ1) is 24.8. The van der Waals surface area contributed by atoms with Crippen LogP contribution in [0.5, 0.6) is 0 Å². The van der Waals surface area contributed by atoms with Crippen molar-refractivity contribution in [2.75, 3.05) is 29.8 Å². The molecule has 0 unspecified atom stereocenters. The van der Waals surface area contributed by atoms with Crippen LogP contribution in [0.15, 0.2) is 41.3 Å². The van der Waals surface area contributed by atoms with Crippen LogP contribution >= 0.6 is 0 Å². The van der Waals surface area contributed by atoms with E-state index in [1.807, 2.05) is 0 Å². The smallest absolute Gasteiger partial charge is 0.416 e. The summed E-state index contributed by atoms with van der Waals surface area (Å²) in [5.41, 5.74) is -0.863. The average Bonchev–Trinajstić information content (AvgIpc) is 2.77. The maximum absolute atomic E-state index is 14.0. The van der Waals surface area contributed by atoms with E-state index in [1.54, 1.807) is 6.92 Å². The highest BCUT2D eigenvalue weighted by atomic mass is 32.2. The van der Waals surface area contributed by atoms with Gasteiger partial charge in [0.2, 0.25) is 0 Å². The number of piperidine rings is 1. The van der Waals surface area contributed by atoms with Crippen LogP contribution in [0.1, 0.15) is 41.3 Å². The number of ether oxygens (including phenoxy) is 1. The molecule has 0 aliphatic carbocycles. The fraction of sp³-hybridized carbons (Fsp3) is 0.409. The molecule has 1 N–H and O–H groups in total. The molecular formula is C22H24F4N2O4S. The molecule has 33 heavy (non-hydrogen) atoms. The lowest BCUT2D eigenvalue weighted by molar-refractivity contribution is -0.137. The van der Waals surface area contributed by atoms with Crippen LogP contribution < -0.4 is 9.62 Å². The van der Waals surface area contributed by atoms with Crippen molar-refractivity contribution in [2.45, 2.75) is 43.4 Å². The molecule has 0 spiro atoms. The zero-order chi connectivity index (χ0) is 24.4. The quantitative estimate of drug-likeness (QED) is 0.467. The minimum Gasteiger partial charge on any atom is -0.465 e. The van der Waals surface area contributed by atoms with Gasteiger partial charge in [-0.1, -0.05) is 13.0 Å². The van der Waals surface area contributed by atoms with Crippen molar-refractivity contribution < 1.29 is 35.5 Å². The molecule has 1 aliphatic heterocycles. The molecule has 3 rings (SSSR count). The number of carbonyl (C=O) groups is 1. The molecule has 0 bridgehead atoms. The van der Waals surface area contributed by atoms with Crippen LogP contribution in [0.2, 0.25) is 0 Å². The van der Waals surface area contributed by atoms with E-state index >= 15 is 0 Å². The summed E-state index contributed by atoms with van der Waals surface area (Å²) in [4.78, 5) is 13.2. The molecule has 0 amide bonds. The fourth-order valence-electron chi connectivity index (χ4n) is 3.76. The number of hydrogen-bond donors (Lipinski definition) is 1. The monoisotopic (exact) mass is 488 g/mol. The largest absolute Gasteiger partial charge is 0.465 e. The van der Waals surface area contributed by atoms with Crippen LogP contribution in [-0.4, -0.2) is 40.8 Å². The number of anilines is 2. The molecular weight excluding hydrogens is 464 g/mol. The molecule has 1 saturated heterocycles. The standard InChI is InChI=1S/C22H24F4N2O4S/c1-3-14-6-7-15(21(29)32-2)11-20(14)33(30,31)27-18-12-16(22(24,25)26)8-9-19(18)28-10-4-5-17(23)13-28/h6-9,11-12,17,27H,3-5,10,13H2,1-2H3/t17-/m0/s1. The summed E-state index contributed by atoms with van der Waals surface area (Å²) >= 11 is 0. The van der Waals surface area contributed by atoms with Crippen LogP contribution in [0, 0.1) is 0 Å². The number of esters is 1. The Kier molecular flexibility index (Phi) is 7.20. The maximum Gasteiger partial charge on any atom is 0.416 e. The van der Waals surface area contributed by atoms with Gasteiger partial charge in [0.05, 0.1) is 34.5 Å². The molecule has 1 atom stereocenters. The molecule has 6 nitrogen and oxygen atoms in total. The van der Waals surface area contributed by atoms with Gasteiger partial charge in [0.15, 0.2) is 0 Å². The van der Waals surface area contributed by atoms with E-state index < -0.39 is 33.9 Å². The summed E-state index contributed by atoms with van der Waals surface area (Å²) in [5.74, 6) is -0.754. The first-order valence-corrected chi connectivity index (χ1v) is 11.8. The van der Waals surface area contributed by atoms with Gasteiger partial charge in [-0.25, -0.2) is 17.6 Å². The predicted molar refractivity (Wildman–Crippen MR) is 116 cm³/mol. The topological polar surface area (TPSA) is 75.7 Å². The Hall–Kier alpha value is -2.82. The van der Waals surface area contributed by atoms with Crippen molar-refractivity contribution in [1.82, 2.24) is 0 Å². The van der Waals surface area contributed by atoms with Gasteiger partial charge in [0.1, 0.15) is 6.17 Å². The first-order valence-electron chi connectivity index (χ1n) is 10.3. The number of halogens is 4. The molecule has 11 heteroatoms. The minimum atomic E-state index is -4.71. The van der Waals surface area contributed by atoms with E-state index in [1.165, 1.54) is 17.0 Å². The maximum atomic E-state index is 14.0. The molecule has 2 aromatic rings. The van der Waals surface area contributed by atoms with E-state index in [0.29, 0.717) is 37.4 Å². The van der Waals surface area contributed by atoms with Gasteiger partial charge < -0.3 is 9.64 Å². The Bertz CT molecular complexity index is 1140. The van der Waals surface area contributed by atoms with Crippen molar-refractivity contribution in [1.29, 1.82) is 0 Å². The minimum absolute atomic E-state index is 0.0179. The van der Waals surface area contributed by atoms with Gasteiger partial charge in [-0.15, -0.1) is 0 Å². The SMILES string of the molecule is CCc1ccc(C(=O)OC)cc1S(=O)(=O)Nc1cc(C(F)(F)F)ccc1N1CCC[C@H](F)C1. The lowest BCUT2D eigenvalue weighted by Gasteiger charge is -2.32. The number of benzene rings is 2. The summed E-state index contributed by atoms with van der Waals surface area (Å²) in [6.45, 7) is 2.02. The van der Waals surface area contributed by atoms with Gasteiger partial charge in [0.25, 0.3) is 10.0 Å². The van der Waals surface area contributed by atoms with Crippen LogP contribution in [0.4, 0.5) is 28.9 Å². The van der Waals surface area contributed by atoms with Crippen LogP contribution in [0.3, 0.4) is 0 Å². The van der Waals surface area contributed by atoms with Crippen molar-refractivity contribution in [3.63, 3.8) is 0 Å². The summed E-state index contributed by atoms with van der Waals surface area (Å²) in [6.07, 6.45) is -4.77. The summed E-state index contributed by atoms with van der Waals surface area (Å²) in [7, 11) is -3.26. The summed E-state index contributed by atoms with van der Waals surface area (Å²) < 4.78 is 87.5. The molecule has 0 aromatic heterocycles. The number of sulfonamides is 1. The Morgan fingerprint density at radius 1 is 1.21 bits per heavy atom. The summed E-state index contributed by atoms with van der Waals surface area (Å²) in [5, 5.41) is 0. The fourth-order valence-corrected chi connectivity index (χ4v) is 5.16. The van der Waals surface area contributed by atoms with Gasteiger partial charge in [-0.3, -0.25) is 4.72 Å². The molecule has 0 radical (unpaired) electrons. The highest BCUT2D eigenvalue weighted by Gasteiger charge is 2.33. The molecule has 1 heterocycles. The van der Waals surface area contributed by atoms with Crippen molar-refractivity contribution in [3.05, 3.63) is 53.1 Å². The van der Waals surface area contributed by atoms with Crippen LogP contribution in [-0.2, 0) is 27.4 Å². The number of nitrogens with one attached hydrogen (secondary N) is 1. The highest BCUT2D eigenvalue weighted by molar-refractivity contribution is 7.92. The second-order valence-corrected chi connectivity index (χ2v) is 9.34. The average molecular weight is 489 g/mol. The molecule has 180 valence electrons. The van der Waals surface area contributed by atoms with Gasteiger partial charge in [0, 0.05) is 13.1 Å². The molecule has 2 aromatic carbocycles. The Labute approximate surface area is 189 Å². The number of hydrogen-bond acceptors (Lipinski definition) is 5. The Morgan fingerprint density at radius 3 is 2.55 bits per heavy atom. The number of carbonyl (C=O) groups excluding carboxylic acids is 1. The predicted octanol–water partition coefficient (Wildman–Crippen LogP) is 4.79. The lowest BCUT2D eigenvalue weighted by Crippen LogP contribution is -2.37. The first-order chi connectivity index (χ1) is 15.5. The third-order valence-electron chi connectivity index (χ3n) is 5.43. The van der Waals surface area contributed by atoms with Crippen LogP contribution in [0.25, 0.3) is 0 Å². The third-order valence-corrected chi connectivity index (χ3v) is 6.88. The Morgan fingerprint density at radius 2 is 1.94 bits per heavy atom. The number of alkyl halides is 4. The summed E-state index contributed by atoms with van der Waals surface area (Å²) in [6, 6.07) is 6.67. The lowest BCUT2D eigenvalue weighted by atomic mass is 10.1.